The van der Waals surface area contributed by atoms with Gasteiger partial charge in [-0.1, -0.05) is 25.6 Å². The second kappa shape index (κ2) is 3.80. The van der Waals surface area contributed by atoms with Gasteiger partial charge in [0, 0.05) is 12.3 Å². The van der Waals surface area contributed by atoms with Crippen molar-refractivity contribution in [1.82, 2.24) is 14.8 Å². The molecule has 0 saturated heterocycles. The molecular formula is C7H14N4S. The first kappa shape index (κ1) is 9.38. The molecular weight excluding hydrogens is 172 g/mol. The van der Waals surface area contributed by atoms with E-state index in [4.69, 9.17) is 5.73 Å². The molecule has 0 aromatic carbocycles. The van der Waals surface area contributed by atoms with Crippen LogP contribution in [0.25, 0.3) is 0 Å². The third-order valence-corrected chi connectivity index (χ3v) is 3.05. The average Bonchev–Trinajstić information content (AvgIpc) is 2.36. The molecule has 0 aliphatic rings. The summed E-state index contributed by atoms with van der Waals surface area (Å²) in [6.07, 6.45) is 1.12. The van der Waals surface area contributed by atoms with E-state index in [0.29, 0.717) is 11.2 Å². The van der Waals surface area contributed by atoms with Gasteiger partial charge in [-0.25, -0.2) is 0 Å². The zero-order valence-electron chi connectivity index (χ0n) is 7.61. The lowest BCUT2D eigenvalue weighted by Gasteiger charge is -2.06. The molecule has 1 unspecified atom stereocenters. The Kier molecular flexibility index (Phi) is 2.97. The minimum atomic E-state index is 0.473. The Morgan fingerprint density at radius 2 is 2.25 bits per heavy atom. The van der Waals surface area contributed by atoms with Crippen molar-refractivity contribution < 1.29 is 0 Å². The Morgan fingerprint density at radius 1 is 1.58 bits per heavy atom. The molecule has 1 atom stereocenters. The molecule has 1 rings (SSSR count). The molecule has 0 spiro atoms. The summed E-state index contributed by atoms with van der Waals surface area (Å²) >= 11 is 1.70. The van der Waals surface area contributed by atoms with Crippen LogP contribution in [0.3, 0.4) is 0 Å². The summed E-state index contributed by atoms with van der Waals surface area (Å²) in [4.78, 5) is 0. The van der Waals surface area contributed by atoms with Gasteiger partial charge in [0.15, 0.2) is 5.16 Å². The van der Waals surface area contributed by atoms with Crippen molar-refractivity contribution in [3.05, 3.63) is 0 Å². The SMILES string of the molecule is CCC(C)Sc1nnc(N)n1C. The van der Waals surface area contributed by atoms with E-state index in [9.17, 15) is 0 Å². The first-order chi connectivity index (χ1) is 5.65. The lowest BCUT2D eigenvalue weighted by atomic mass is 10.4. The smallest absolute Gasteiger partial charge is 0.222 e. The van der Waals surface area contributed by atoms with Crippen molar-refractivity contribution in [2.24, 2.45) is 7.05 Å². The minimum absolute atomic E-state index is 0.473. The number of nitrogen functional groups attached to an aromatic ring is 1. The topological polar surface area (TPSA) is 56.7 Å². The Balaban J connectivity index is 2.69. The van der Waals surface area contributed by atoms with Crippen LogP contribution in [0.4, 0.5) is 5.95 Å². The predicted octanol–water partition coefficient (Wildman–Crippen LogP) is 1.29. The van der Waals surface area contributed by atoms with Crippen LogP contribution in [0.1, 0.15) is 20.3 Å². The third kappa shape index (κ3) is 1.91. The normalized spacial score (nSPS) is 13.2. The van der Waals surface area contributed by atoms with Gasteiger partial charge in [0.1, 0.15) is 0 Å². The minimum Gasteiger partial charge on any atom is -0.368 e. The molecule has 0 bridgehead atoms. The van der Waals surface area contributed by atoms with E-state index in [-0.39, 0.29) is 0 Å². The molecule has 0 aliphatic carbocycles. The van der Waals surface area contributed by atoms with Crippen molar-refractivity contribution in [3.8, 4) is 0 Å². The van der Waals surface area contributed by atoms with E-state index in [2.05, 4.69) is 24.0 Å². The van der Waals surface area contributed by atoms with Gasteiger partial charge in [-0.15, -0.1) is 10.2 Å². The molecule has 68 valence electrons. The number of rotatable bonds is 3. The van der Waals surface area contributed by atoms with Gasteiger partial charge in [-0.2, -0.15) is 0 Å². The fourth-order valence-electron chi connectivity index (χ4n) is 0.692. The Bertz CT molecular complexity index is 258. The summed E-state index contributed by atoms with van der Waals surface area (Å²) in [6, 6.07) is 0. The van der Waals surface area contributed by atoms with Gasteiger partial charge >= 0.3 is 0 Å². The van der Waals surface area contributed by atoms with Gasteiger partial charge < -0.3 is 5.73 Å². The van der Waals surface area contributed by atoms with Crippen LogP contribution in [0.2, 0.25) is 0 Å². The van der Waals surface area contributed by atoms with Gasteiger partial charge in [-0.05, 0) is 6.42 Å². The van der Waals surface area contributed by atoms with Gasteiger partial charge in [0.05, 0.1) is 0 Å². The van der Waals surface area contributed by atoms with E-state index < -0.39 is 0 Å². The number of nitrogens with two attached hydrogens (primary N) is 1. The van der Waals surface area contributed by atoms with E-state index in [1.54, 1.807) is 16.3 Å². The maximum Gasteiger partial charge on any atom is 0.222 e. The number of hydrogen-bond donors (Lipinski definition) is 1. The monoisotopic (exact) mass is 186 g/mol. The molecule has 0 fully saturated rings. The van der Waals surface area contributed by atoms with Crippen molar-refractivity contribution in [1.29, 1.82) is 0 Å². The summed E-state index contributed by atoms with van der Waals surface area (Å²) in [5.41, 5.74) is 5.53. The third-order valence-electron chi connectivity index (χ3n) is 1.75. The first-order valence-corrected chi connectivity index (χ1v) is 4.84. The number of aromatic nitrogens is 3. The number of anilines is 1. The molecule has 2 N–H and O–H groups in total. The van der Waals surface area contributed by atoms with E-state index >= 15 is 0 Å². The fourth-order valence-corrected chi connectivity index (χ4v) is 1.56. The average molecular weight is 186 g/mol. The summed E-state index contributed by atoms with van der Waals surface area (Å²) < 4.78 is 1.80. The summed E-state index contributed by atoms with van der Waals surface area (Å²) in [7, 11) is 1.88. The second-order valence-electron chi connectivity index (χ2n) is 2.74. The van der Waals surface area contributed by atoms with E-state index in [1.165, 1.54) is 0 Å². The molecule has 0 saturated carbocycles. The zero-order chi connectivity index (χ0) is 9.14. The van der Waals surface area contributed by atoms with Crippen LogP contribution in [0.5, 0.6) is 0 Å². The van der Waals surface area contributed by atoms with Crippen molar-refractivity contribution in [2.75, 3.05) is 5.73 Å². The molecule has 1 aromatic heterocycles. The van der Waals surface area contributed by atoms with Gasteiger partial charge in [0.2, 0.25) is 5.95 Å². The first-order valence-electron chi connectivity index (χ1n) is 3.96. The van der Waals surface area contributed by atoms with Crippen LogP contribution >= 0.6 is 11.8 Å². The molecule has 5 heteroatoms. The highest BCUT2D eigenvalue weighted by atomic mass is 32.2. The van der Waals surface area contributed by atoms with E-state index in [1.807, 2.05) is 7.05 Å². The molecule has 12 heavy (non-hydrogen) atoms. The lowest BCUT2D eigenvalue weighted by Crippen LogP contribution is -2.00. The highest BCUT2D eigenvalue weighted by molar-refractivity contribution is 7.99. The van der Waals surface area contributed by atoms with Crippen LogP contribution in [-0.4, -0.2) is 20.0 Å². The highest BCUT2D eigenvalue weighted by Gasteiger charge is 2.09. The number of nitrogens with zero attached hydrogens (tertiary/aromatic N) is 3. The number of thioether (sulfide) groups is 1. The van der Waals surface area contributed by atoms with Crippen molar-refractivity contribution in [3.63, 3.8) is 0 Å². The zero-order valence-corrected chi connectivity index (χ0v) is 8.43. The van der Waals surface area contributed by atoms with Crippen molar-refractivity contribution >= 4 is 17.7 Å². The standard InChI is InChI=1S/C7H14N4S/c1-4-5(2)12-7-10-9-6(8)11(7)3/h5H,4H2,1-3H3,(H2,8,9). The molecule has 4 nitrogen and oxygen atoms in total. The maximum atomic E-state index is 5.53. The largest absolute Gasteiger partial charge is 0.368 e. The van der Waals surface area contributed by atoms with E-state index in [0.717, 1.165) is 11.6 Å². The number of hydrogen-bond acceptors (Lipinski definition) is 4. The maximum absolute atomic E-state index is 5.53. The van der Waals surface area contributed by atoms with Crippen LogP contribution in [0, 0.1) is 0 Å². The van der Waals surface area contributed by atoms with Crippen LogP contribution in [0.15, 0.2) is 5.16 Å². The second-order valence-corrected chi connectivity index (χ2v) is 4.14. The molecule has 0 radical (unpaired) electrons. The molecule has 0 aliphatic heterocycles. The fraction of sp³-hybridized carbons (Fsp3) is 0.714. The van der Waals surface area contributed by atoms with Crippen LogP contribution < -0.4 is 5.73 Å². The Labute approximate surface area is 76.5 Å². The Hall–Kier alpha value is -0.710. The predicted molar refractivity (Wildman–Crippen MR) is 51.0 cm³/mol. The quantitative estimate of drug-likeness (QED) is 0.723. The van der Waals surface area contributed by atoms with Gasteiger partial charge in [0.25, 0.3) is 0 Å². The Morgan fingerprint density at radius 3 is 2.67 bits per heavy atom. The lowest BCUT2D eigenvalue weighted by molar-refractivity contribution is 0.785. The molecule has 1 heterocycles. The van der Waals surface area contributed by atoms with Crippen LogP contribution in [-0.2, 0) is 7.05 Å². The van der Waals surface area contributed by atoms with Gasteiger partial charge in [-0.3, -0.25) is 4.57 Å². The summed E-state index contributed by atoms with van der Waals surface area (Å²) in [5.74, 6) is 0.473. The summed E-state index contributed by atoms with van der Waals surface area (Å²) in [5, 5.41) is 9.18. The highest BCUT2D eigenvalue weighted by Crippen LogP contribution is 2.23. The van der Waals surface area contributed by atoms with Crippen molar-refractivity contribution in [2.45, 2.75) is 30.7 Å². The molecule has 0 amide bonds. The molecule has 1 aromatic rings. The summed E-state index contributed by atoms with van der Waals surface area (Å²) in [6.45, 7) is 4.31.